The molecule has 0 aromatic heterocycles. The Bertz CT molecular complexity index is 195. The first-order valence-electron chi connectivity index (χ1n) is 4.91. The molecule has 0 fully saturated rings. The number of carboxylic acids is 1. The maximum absolute atomic E-state index is 10.1. The van der Waals surface area contributed by atoms with E-state index in [0.717, 1.165) is 19.1 Å². The molecule has 0 aromatic carbocycles. The Kier molecular flexibility index (Phi) is 9.22. The number of ether oxygens (including phenoxy) is 1. The van der Waals surface area contributed by atoms with E-state index in [1.165, 1.54) is 18.9 Å². The van der Waals surface area contributed by atoms with Crippen molar-refractivity contribution >= 4 is 5.97 Å². The number of unbranched alkanes of at least 4 members (excludes halogenated alkanes) is 2. The molecule has 3 nitrogen and oxygen atoms in total. The normalized spacial score (nSPS) is 11.5. The molecule has 0 rings (SSSR count). The van der Waals surface area contributed by atoms with Crippen LogP contribution < -0.4 is 0 Å². The summed E-state index contributed by atoms with van der Waals surface area (Å²) in [6.07, 6.45) is 9.53. The van der Waals surface area contributed by atoms with Crippen LogP contribution >= 0.6 is 0 Å². The second kappa shape index (κ2) is 9.99. The highest BCUT2D eigenvalue weighted by Crippen LogP contribution is 1.93. The van der Waals surface area contributed by atoms with Gasteiger partial charge in [-0.1, -0.05) is 38.0 Å². The molecule has 0 saturated carbocycles. The van der Waals surface area contributed by atoms with E-state index in [1.54, 1.807) is 12.2 Å². The topological polar surface area (TPSA) is 46.5 Å². The number of rotatable bonds is 8. The summed E-state index contributed by atoms with van der Waals surface area (Å²) >= 11 is 0. The van der Waals surface area contributed by atoms with Crippen LogP contribution in [0.4, 0.5) is 0 Å². The van der Waals surface area contributed by atoms with Gasteiger partial charge in [0.1, 0.15) is 0 Å². The van der Waals surface area contributed by atoms with E-state index in [-0.39, 0.29) is 0 Å². The van der Waals surface area contributed by atoms with Gasteiger partial charge in [-0.2, -0.15) is 0 Å². The van der Waals surface area contributed by atoms with E-state index >= 15 is 0 Å². The van der Waals surface area contributed by atoms with Gasteiger partial charge in [-0.3, -0.25) is 0 Å². The highest BCUT2D eigenvalue weighted by Gasteiger charge is 1.85. The molecule has 3 heteroatoms. The van der Waals surface area contributed by atoms with Crippen molar-refractivity contribution in [3.8, 4) is 0 Å². The van der Waals surface area contributed by atoms with E-state index in [0.29, 0.717) is 6.61 Å². The van der Waals surface area contributed by atoms with Gasteiger partial charge in [-0.15, -0.1) is 0 Å². The first-order valence-corrected chi connectivity index (χ1v) is 4.91. The number of hydrogen-bond acceptors (Lipinski definition) is 2. The summed E-state index contributed by atoms with van der Waals surface area (Å²) in [5.41, 5.74) is 0. The summed E-state index contributed by atoms with van der Waals surface area (Å²) < 4.78 is 5.27. The maximum Gasteiger partial charge on any atom is 0.328 e. The van der Waals surface area contributed by atoms with Gasteiger partial charge in [0.25, 0.3) is 0 Å². The van der Waals surface area contributed by atoms with Crippen LogP contribution in [0.25, 0.3) is 0 Å². The van der Waals surface area contributed by atoms with Crippen molar-refractivity contribution < 1.29 is 14.6 Å². The number of allylic oxidation sites excluding steroid dienone is 2. The average molecular weight is 198 g/mol. The van der Waals surface area contributed by atoms with Crippen molar-refractivity contribution in [2.45, 2.75) is 26.2 Å². The van der Waals surface area contributed by atoms with Crippen molar-refractivity contribution in [3.05, 3.63) is 24.3 Å². The summed E-state index contributed by atoms with van der Waals surface area (Å²) in [7, 11) is 0. The summed E-state index contributed by atoms with van der Waals surface area (Å²) in [5.74, 6) is -0.932. The molecule has 0 aliphatic heterocycles. The van der Waals surface area contributed by atoms with Crippen LogP contribution in [0.5, 0.6) is 0 Å². The molecule has 0 atom stereocenters. The highest BCUT2D eigenvalue weighted by molar-refractivity contribution is 5.80. The van der Waals surface area contributed by atoms with Gasteiger partial charge in [0.05, 0.1) is 6.61 Å². The smallest absolute Gasteiger partial charge is 0.328 e. The third kappa shape index (κ3) is 10.9. The predicted molar refractivity (Wildman–Crippen MR) is 56.3 cm³/mol. The van der Waals surface area contributed by atoms with Gasteiger partial charge < -0.3 is 9.84 Å². The summed E-state index contributed by atoms with van der Waals surface area (Å²) in [6, 6.07) is 0. The molecular formula is C11H18O3. The molecule has 0 aliphatic rings. The zero-order chi connectivity index (χ0) is 10.6. The Hall–Kier alpha value is -1.09. The molecule has 0 saturated heterocycles. The molecule has 80 valence electrons. The minimum atomic E-state index is -0.932. The van der Waals surface area contributed by atoms with Crippen LogP contribution in [-0.2, 0) is 9.53 Å². The quantitative estimate of drug-likeness (QED) is 0.370. The summed E-state index contributed by atoms with van der Waals surface area (Å²) in [4.78, 5) is 10.1. The monoisotopic (exact) mass is 198 g/mol. The molecule has 1 N–H and O–H groups in total. The third-order valence-electron chi connectivity index (χ3n) is 1.59. The third-order valence-corrected chi connectivity index (χ3v) is 1.59. The Morgan fingerprint density at radius 3 is 2.79 bits per heavy atom. The van der Waals surface area contributed by atoms with Gasteiger partial charge >= 0.3 is 5.97 Å². The average Bonchev–Trinajstić information content (AvgIpc) is 2.15. The van der Waals surface area contributed by atoms with Crippen LogP contribution in [0.3, 0.4) is 0 Å². The molecule has 0 heterocycles. The van der Waals surface area contributed by atoms with Crippen molar-refractivity contribution in [3.63, 3.8) is 0 Å². The van der Waals surface area contributed by atoms with Crippen LogP contribution in [-0.4, -0.2) is 24.3 Å². The molecule has 0 aromatic rings. The summed E-state index contributed by atoms with van der Waals surface area (Å²) in [6.45, 7) is 3.48. The van der Waals surface area contributed by atoms with Gasteiger partial charge in [0.15, 0.2) is 0 Å². The number of aliphatic carboxylic acids is 1. The molecule has 0 unspecified atom stereocenters. The fraction of sp³-hybridized carbons (Fsp3) is 0.545. The largest absolute Gasteiger partial charge is 0.478 e. The van der Waals surface area contributed by atoms with Crippen LogP contribution in [0.2, 0.25) is 0 Å². The maximum atomic E-state index is 10.1. The predicted octanol–water partition coefficient (Wildman–Crippen LogP) is 2.39. The molecule has 14 heavy (non-hydrogen) atoms. The lowest BCUT2D eigenvalue weighted by Gasteiger charge is -1.98. The first kappa shape index (κ1) is 12.9. The SMILES string of the molecule is CCCCCOC/C=C/C=C/C(=O)O. The van der Waals surface area contributed by atoms with Gasteiger partial charge in [0.2, 0.25) is 0 Å². The minimum absolute atomic E-state index is 0.549. The van der Waals surface area contributed by atoms with Crippen molar-refractivity contribution in [2.75, 3.05) is 13.2 Å². The number of carbonyl (C=O) groups is 1. The fourth-order valence-electron chi connectivity index (χ4n) is 0.877. The van der Waals surface area contributed by atoms with E-state index in [4.69, 9.17) is 9.84 Å². The zero-order valence-corrected chi connectivity index (χ0v) is 8.61. The van der Waals surface area contributed by atoms with E-state index in [9.17, 15) is 4.79 Å². The van der Waals surface area contributed by atoms with Crippen LogP contribution in [0.1, 0.15) is 26.2 Å². The van der Waals surface area contributed by atoms with Gasteiger partial charge in [-0.25, -0.2) is 4.79 Å². The van der Waals surface area contributed by atoms with Crippen LogP contribution in [0.15, 0.2) is 24.3 Å². The zero-order valence-electron chi connectivity index (χ0n) is 8.61. The Labute approximate surface area is 85.1 Å². The second-order valence-corrected chi connectivity index (χ2v) is 2.91. The molecule has 0 spiro atoms. The Balaban J connectivity index is 3.23. The highest BCUT2D eigenvalue weighted by atomic mass is 16.5. The first-order chi connectivity index (χ1) is 6.77. The standard InChI is InChI=1S/C11H18O3/c1-2-3-6-9-14-10-7-4-5-8-11(12)13/h4-5,7-8H,2-3,6,9-10H2,1H3,(H,12,13)/b7-4+,8-5+. The Morgan fingerprint density at radius 1 is 1.36 bits per heavy atom. The lowest BCUT2D eigenvalue weighted by atomic mass is 10.3. The molecule has 0 bridgehead atoms. The second-order valence-electron chi connectivity index (χ2n) is 2.91. The molecule has 0 amide bonds. The molecule has 0 aliphatic carbocycles. The fourth-order valence-corrected chi connectivity index (χ4v) is 0.877. The van der Waals surface area contributed by atoms with Crippen molar-refractivity contribution in [1.82, 2.24) is 0 Å². The number of hydrogen-bond donors (Lipinski definition) is 1. The van der Waals surface area contributed by atoms with Gasteiger partial charge in [0, 0.05) is 12.7 Å². The summed E-state index contributed by atoms with van der Waals surface area (Å²) in [5, 5.41) is 8.26. The van der Waals surface area contributed by atoms with Gasteiger partial charge in [-0.05, 0) is 6.42 Å². The Morgan fingerprint density at radius 2 is 2.14 bits per heavy atom. The van der Waals surface area contributed by atoms with Crippen LogP contribution in [0, 0.1) is 0 Å². The van der Waals surface area contributed by atoms with Crippen molar-refractivity contribution in [2.24, 2.45) is 0 Å². The lowest BCUT2D eigenvalue weighted by molar-refractivity contribution is -0.131. The lowest BCUT2D eigenvalue weighted by Crippen LogP contribution is -1.93. The molecular weight excluding hydrogens is 180 g/mol. The van der Waals surface area contributed by atoms with Crippen molar-refractivity contribution in [1.29, 1.82) is 0 Å². The van der Waals surface area contributed by atoms with E-state index in [2.05, 4.69) is 6.92 Å². The minimum Gasteiger partial charge on any atom is -0.478 e. The van der Waals surface area contributed by atoms with E-state index < -0.39 is 5.97 Å². The number of carboxylic acid groups (broad SMARTS) is 1. The van der Waals surface area contributed by atoms with E-state index in [1.807, 2.05) is 0 Å². The molecule has 0 radical (unpaired) electrons.